The van der Waals surface area contributed by atoms with Gasteiger partial charge in [0.05, 0.1) is 7.11 Å². The Bertz CT molecular complexity index is 749. The van der Waals surface area contributed by atoms with Crippen molar-refractivity contribution in [3.8, 4) is 5.75 Å². The second-order valence-electron chi connectivity index (χ2n) is 4.65. The van der Waals surface area contributed by atoms with E-state index in [0.717, 1.165) is 38.8 Å². The minimum Gasteiger partial charge on any atom is -0.497 e. The van der Waals surface area contributed by atoms with Crippen LogP contribution in [0.2, 0.25) is 0 Å². The van der Waals surface area contributed by atoms with Gasteiger partial charge in [0.25, 0.3) is 0 Å². The lowest BCUT2D eigenvalue weighted by Gasteiger charge is -2.04. The van der Waals surface area contributed by atoms with Gasteiger partial charge in [-0.15, -0.1) is 10.2 Å². The molecule has 0 fully saturated rings. The minimum atomic E-state index is 0.776. The summed E-state index contributed by atoms with van der Waals surface area (Å²) in [6.45, 7) is 0. The number of ether oxygens (including phenoxy) is 1. The summed E-state index contributed by atoms with van der Waals surface area (Å²) >= 11 is 3.24. The summed E-state index contributed by atoms with van der Waals surface area (Å²) < 4.78 is 6.16. The molecule has 0 spiro atoms. The molecule has 118 valence electrons. The number of benzene rings is 1. The number of nitrogens with zero attached hydrogens (tertiary/aromatic N) is 3. The summed E-state index contributed by atoms with van der Waals surface area (Å²) in [6, 6.07) is 13.7. The normalized spacial score (nSPS) is 10.5. The van der Waals surface area contributed by atoms with E-state index in [2.05, 4.69) is 20.5 Å². The molecule has 0 aliphatic rings. The first-order valence-electron chi connectivity index (χ1n) is 7.11. The molecule has 0 unspecified atom stereocenters. The van der Waals surface area contributed by atoms with Crippen molar-refractivity contribution >= 4 is 33.9 Å². The zero-order valence-corrected chi connectivity index (χ0v) is 14.2. The topological polar surface area (TPSA) is 59.9 Å². The van der Waals surface area contributed by atoms with Crippen LogP contribution in [0.25, 0.3) is 0 Å². The Morgan fingerprint density at radius 2 is 2.13 bits per heavy atom. The first-order valence-corrected chi connectivity index (χ1v) is 8.91. The third-order valence-corrected chi connectivity index (χ3v) is 5.01. The zero-order valence-electron chi connectivity index (χ0n) is 12.6. The molecule has 0 aliphatic carbocycles. The van der Waals surface area contributed by atoms with E-state index in [1.807, 2.05) is 48.7 Å². The van der Waals surface area contributed by atoms with E-state index in [1.165, 1.54) is 0 Å². The van der Waals surface area contributed by atoms with Gasteiger partial charge in [-0.25, -0.2) is 0 Å². The summed E-state index contributed by atoms with van der Waals surface area (Å²) in [6.07, 6.45) is 2.74. The fourth-order valence-electron chi connectivity index (χ4n) is 1.93. The van der Waals surface area contributed by atoms with Gasteiger partial charge in [-0.3, -0.25) is 4.98 Å². The summed E-state index contributed by atoms with van der Waals surface area (Å²) in [5.41, 5.74) is 2.03. The van der Waals surface area contributed by atoms with Gasteiger partial charge in [0.2, 0.25) is 5.13 Å². The van der Waals surface area contributed by atoms with Crippen LogP contribution in [0.4, 0.5) is 10.8 Å². The van der Waals surface area contributed by atoms with Gasteiger partial charge in [-0.2, -0.15) is 0 Å². The lowest BCUT2D eigenvalue weighted by molar-refractivity contribution is 0.415. The average Bonchev–Trinajstić information content (AvgIpc) is 3.03. The van der Waals surface area contributed by atoms with E-state index in [4.69, 9.17) is 4.74 Å². The third kappa shape index (κ3) is 4.67. The molecular formula is C16H16N4OS2. The maximum atomic E-state index is 5.21. The predicted octanol–water partition coefficient (Wildman–Crippen LogP) is 4.02. The molecule has 1 N–H and O–H groups in total. The lowest BCUT2D eigenvalue weighted by Crippen LogP contribution is -1.91. The van der Waals surface area contributed by atoms with Gasteiger partial charge in [0, 0.05) is 29.4 Å². The molecule has 3 rings (SSSR count). The number of rotatable bonds is 7. The zero-order chi connectivity index (χ0) is 15.9. The Labute approximate surface area is 143 Å². The van der Waals surface area contributed by atoms with Gasteiger partial charge >= 0.3 is 0 Å². The third-order valence-electron chi connectivity index (χ3n) is 3.04. The van der Waals surface area contributed by atoms with Crippen molar-refractivity contribution in [1.82, 2.24) is 15.2 Å². The summed E-state index contributed by atoms with van der Waals surface area (Å²) in [7, 11) is 1.65. The molecule has 0 atom stereocenters. The molecular weight excluding hydrogens is 328 g/mol. The van der Waals surface area contributed by atoms with Crippen LogP contribution in [0.15, 0.2) is 53.0 Å². The van der Waals surface area contributed by atoms with Crippen molar-refractivity contribution in [3.63, 3.8) is 0 Å². The minimum absolute atomic E-state index is 0.776. The Balaban J connectivity index is 1.53. The maximum Gasteiger partial charge on any atom is 0.210 e. The first kappa shape index (κ1) is 15.8. The summed E-state index contributed by atoms with van der Waals surface area (Å²) in [5.74, 6) is 1.75. The first-order chi connectivity index (χ1) is 11.3. The van der Waals surface area contributed by atoms with Crippen molar-refractivity contribution < 1.29 is 4.74 Å². The van der Waals surface area contributed by atoms with Crippen LogP contribution in [-0.2, 0) is 6.42 Å². The van der Waals surface area contributed by atoms with Crippen LogP contribution in [0.3, 0.4) is 0 Å². The second kappa shape index (κ2) is 7.94. The Morgan fingerprint density at radius 1 is 1.17 bits per heavy atom. The average molecular weight is 344 g/mol. The van der Waals surface area contributed by atoms with Gasteiger partial charge in [-0.1, -0.05) is 35.2 Å². The number of aromatic nitrogens is 3. The largest absolute Gasteiger partial charge is 0.497 e. The lowest BCUT2D eigenvalue weighted by atomic mass is 10.3. The molecule has 7 heteroatoms. The maximum absolute atomic E-state index is 5.21. The van der Waals surface area contributed by atoms with Crippen LogP contribution in [-0.4, -0.2) is 28.0 Å². The molecule has 0 radical (unpaired) electrons. The highest BCUT2D eigenvalue weighted by atomic mass is 32.2. The molecule has 0 saturated heterocycles. The van der Waals surface area contributed by atoms with E-state index < -0.39 is 0 Å². The number of anilines is 2. The van der Waals surface area contributed by atoms with Crippen LogP contribution < -0.4 is 10.1 Å². The van der Waals surface area contributed by atoms with Gasteiger partial charge in [-0.05, 0) is 30.7 Å². The van der Waals surface area contributed by atoms with Gasteiger partial charge in [0.15, 0.2) is 4.34 Å². The van der Waals surface area contributed by atoms with Crippen LogP contribution >= 0.6 is 23.1 Å². The van der Waals surface area contributed by atoms with Gasteiger partial charge < -0.3 is 10.1 Å². The molecule has 0 amide bonds. The summed E-state index contributed by atoms with van der Waals surface area (Å²) in [5, 5.41) is 12.4. The number of methoxy groups -OCH3 is 1. The molecule has 0 bridgehead atoms. The number of pyridine rings is 1. The molecule has 5 nitrogen and oxygen atoms in total. The number of thioether (sulfide) groups is 1. The molecule has 2 heterocycles. The summed E-state index contributed by atoms with van der Waals surface area (Å²) in [4.78, 5) is 4.32. The smallest absolute Gasteiger partial charge is 0.210 e. The van der Waals surface area contributed by atoms with E-state index in [9.17, 15) is 0 Å². The number of nitrogens with one attached hydrogen (secondary N) is 1. The molecule has 3 aromatic rings. The van der Waals surface area contributed by atoms with Crippen molar-refractivity contribution in [2.24, 2.45) is 0 Å². The van der Waals surface area contributed by atoms with E-state index in [1.54, 1.807) is 30.2 Å². The standard InChI is InChI=1S/C16H16N4OS2/c1-21-14-7-4-6-13(11-14)18-15-19-20-16(23-15)22-10-8-12-5-2-3-9-17-12/h2-7,9,11H,8,10H2,1H3,(H,18,19). The van der Waals surface area contributed by atoms with Crippen molar-refractivity contribution in [2.45, 2.75) is 10.8 Å². The number of hydrogen-bond acceptors (Lipinski definition) is 7. The van der Waals surface area contributed by atoms with Crippen LogP contribution in [0.5, 0.6) is 5.75 Å². The quantitative estimate of drug-likeness (QED) is 0.653. The fourth-order valence-corrected chi connectivity index (χ4v) is 3.74. The Morgan fingerprint density at radius 3 is 2.96 bits per heavy atom. The molecule has 0 aliphatic heterocycles. The number of hydrogen-bond donors (Lipinski definition) is 1. The second-order valence-corrected chi connectivity index (χ2v) is 6.97. The SMILES string of the molecule is COc1cccc(Nc2nnc(SCCc3ccccn3)s2)c1. The van der Waals surface area contributed by atoms with E-state index >= 15 is 0 Å². The van der Waals surface area contributed by atoms with E-state index in [0.29, 0.717) is 0 Å². The number of aryl methyl sites for hydroxylation is 1. The highest BCUT2D eigenvalue weighted by Gasteiger charge is 2.06. The molecule has 2 aromatic heterocycles. The molecule has 1 aromatic carbocycles. The van der Waals surface area contributed by atoms with Crippen LogP contribution in [0.1, 0.15) is 5.69 Å². The van der Waals surface area contributed by atoms with Crippen LogP contribution in [0, 0.1) is 0 Å². The highest BCUT2D eigenvalue weighted by molar-refractivity contribution is 8.01. The fraction of sp³-hybridized carbons (Fsp3) is 0.188. The monoisotopic (exact) mass is 344 g/mol. The highest BCUT2D eigenvalue weighted by Crippen LogP contribution is 2.28. The van der Waals surface area contributed by atoms with Crippen molar-refractivity contribution in [1.29, 1.82) is 0 Å². The van der Waals surface area contributed by atoms with Gasteiger partial charge in [0.1, 0.15) is 5.75 Å². The van der Waals surface area contributed by atoms with Crippen molar-refractivity contribution in [2.75, 3.05) is 18.2 Å². The molecule has 23 heavy (non-hydrogen) atoms. The van der Waals surface area contributed by atoms with Crippen molar-refractivity contribution in [3.05, 3.63) is 54.4 Å². The Kier molecular flexibility index (Phi) is 5.44. The van der Waals surface area contributed by atoms with E-state index in [-0.39, 0.29) is 0 Å². The Hall–Kier alpha value is -2.12. The molecule has 0 saturated carbocycles. The predicted molar refractivity (Wildman–Crippen MR) is 94.9 cm³/mol.